The molecule has 6 heteroatoms. The number of aromatic nitrogens is 1. The summed E-state index contributed by atoms with van der Waals surface area (Å²) < 4.78 is 11.4. The largest absolute Gasteiger partial charge is 0.474 e. The van der Waals surface area contributed by atoms with Crippen molar-refractivity contribution in [1.29, 1.82) is 0 Å². The van der Waals surface area contributed by atoms with Gasteiger partial charge in [-0.3, -0.25) is 4.79 Å². The van der Waals surface area contributed by atoms with Crippen molar-refractivity contribution >= 4 is 5.91 Å². The molecule has 1 aromatic heterocycles. The molecule has 6 nitrogen and oxygen atoms in total. The van der Waals surface area contributed by atoms with Crippen LogP contribution in [0.2, 0.25) is 0 Å². The third-order valence-corrected chi connectivity index (χ3v) is 2.85. The maximum absolute atomic E-state index is 11.2. The molecule has 1 atom stereocenters. The number of amides is 1. The predicted octanol–water partition coefficient (Wildman–Crippen LogP) is 0.326. The third-order valence-electron chi connectivity index (χ3n) is 2.85. The van der Waals surface area contributed by atoms with E-state index in [9.17, 15) is 4.79 Å². The van der Waals surface area contributed by atoms with Crippen LogP contribution in [-0.4, -0.2) is 42.3 Å². The summed E-state index contributed by atoms with van der Waals surface area (Å²) >= 11 is 0. The molecule has 3 N–H and O–H groups in total. The number of carbonyl (C=O) groups is 1. The molecule has 1 amide bonds. The van der Waals surface area contributed by atoms with Crippen molar-refractivity contribution in [2.45, 2.75) is 25.6 Å². The summed E-state index contributed by atoms with van der Waals surface area (Å²) in [7, 11) is 0. The Labute approximate surface area is 112 Å². The molecule has 19 heavy (non-hydrogen) atoms. The Balaban J connectivity index is 1.97. The van der Waals surface area contributed by atoms with Crippen LogP contribution >= 0.6 is 0 Å². The standard InChI is InChI=1S/C13H19N3O3/c1-13(2)8-15-6-9(19-13)7-18-12-10(11(14)17)4-3-5-16-12/h3-5,9,15H,6-8H2,1-2H3,(H2,14,17). The first-order valence-corrected chi connectivity index (χ1v) is 6.24. The van der Waals surface area contributed by atoms with Gasteiger partial charge in [-0.15, -0.1) is 0 Å². The second-order valence-corrected chi connectivity index (χ2v) is 5.16. The molecule has 1 saturated heterocycles. The number of morpholine rings is 1. The molecule has 1 unspecified atom stereocenters. The maximum atomic E-state index is 11.2. The number of nitrogens with one attached hydrogen (secondary N) is 1. The van der Waals surface area contributed by atoms with Gasteiger partial charge in [0, 0.05) is 19.3 Å². The molecule has 1 aliphatic rings. The first-order valence-electron chi connectivity index (χ1n) is 6.24. The van der Waals surface area contributed by atoms with Crippen molar-refractivity contribution in [3.8, 4) is 5.88 Å². The van der Waals surface area contributed by atoms with Crippen LogP contribution in [-0.2, 0) is 4.74 Å². The lowest BCUT2D eigenvalue weighted by atomic mass is 10.1. The Hall–Kier alpha value is -1.66. The maximum Gasteiger partial charge on any atom is 0.254 e. The van der Waals surface area contributed by atoms with Gasteiger partial charge in [0.25, 0.3) is 5.91 Å². The fourth-order valence-corrected chi connectivity index (χ4v) is 2.03. The minimum Gasteiger partial charge on any atom is -0.474 e. The summed E-state index contributed by atoms with van der Waals surface area (Å²) in [6.45, 7) is 5.87. The summed E-state index contributed by atoms with van der Waals surface area (Å²) in [6.07, 6.45) is 1.48. The SMILES string of the molecule is CC1(C)CNCC(COc2ncccc2C(N)=O)O1. The van der Waals surface area contributed by atoms with Crippen LogP contribution in [0.15, 0.2) is 18.3 Å². The molecule has 0 aromatic carbocycles. The predicted molar refractivity (Wildman–Crippen MR) is 70.1 cm³/mol. The van der Waals surface area contributed by atoms with Gasteiger partial charge in [0.05, 0.1) is 5.60 Å². The quantitative estimate of drug-likeness (QED) is 0.819. The van der Waals surface area contributed by atoms with Crippen molar-refractivity contribution in [1.82, 2.24) is 10.3 Å². The average Bonchev–Trinajstić information content (AvgIpc) is 2.35. The molecule has 104 valence electrons. The molecule has 0 aliphatic carbocycles. The zero-order chi connectivity index (χ0) is 13.9. The number of nitrogens with two attached hydrogens (primary N) is 1. The number of primary amides is 1. The highest BCUT2D eigenvalue weighted by molar-refractivity contribution is 5.94. The molecule has 0 saturated carbocycles. The number of nitrogens with zero attached hydrogens (tertiary/aromatic N) is 1. The summed E-state index contributed by atoms with van der Waals surface area (Å²) in [5.74, 6) is -0.298. The Morgan fingerprint density at radius 1 is 1.68 bits per heavy atom. The van der Waals surface area contributed by atoms with E-state index in [-0.39, 0.29) is 23.1 Å². The molecule has 1 aromatic rings. The number of hydrogen-bond donors (Lipinski definition) is 2. The lowest BCUT2D eigenvalue weighted by molar-refractivity contribution is -0.107. The Morgan fingerprint density at radius 2 is 2.47 bits per heavy atom. The highest BCUT2D eigenvalue weighted by atomic mass is 16.6. The molecule has 0 spiro atoms. The second kappa shape index (κ2) is 5.54. The zero-order valence-corrected chi connectivity index (χ0v) is 11.2. The lowest BCUT2D eigenvalue weighted by Gasteiger charge is -2.36. The van der Waals surface area contributed by atoms with Crippen LogP contribution in [0, 0.1) is 0 Å². The summed E-state index contributed by atoms with van der Waals surface area (Å²) in [4.78, 5) is 15.3. The van der Waals surface area contributed by atoms with Gasteiger partial charge in [0.1, 0.15) is 18.3 Å². The average molecular weight is 265 g/mol. The molecule has 1 aliphatic heterocycles. The Kier molecular flexibility index (Phi) is 4.01. The van der Waals surface area contributed by atoms with E-state index in [0.717, 1.165) is 6.54 Å². The van der Waals surface area contributed by atoms with E-state index >= 15 is 0 Å². The highest BCUT2D eigenvalue weighted by Gasteiger charge is 2.28. The summed E-state index contributed by atoms with van der Waals surface area (Å²) in [5.41, 5.74) is 5.33. The molecule has 2 heterocycles. The van der Waals surface area contributed by atoms with Crippen molar-refractivity contribution in [2.24, 2.45) is 5.73 Å². The molecule has 1 fully saturated rings. The zero-order valence-electron chi connectivity index (χ0n) is 11.2. The van der Waals surface area contributed by atoms with Crippen LogP contribution in [0.25, 0.3) is 0 Å². The van der Waals surface area contributed by atoms with Crippen molar-refractivity contribution in [3.63, 3.8) is 0 Å². The van der Waals surface area contributed by atoms with E-state index in [4.69, 9.17) is 15.2 Å². The van der Waals surface area contributed by atoms with Crippen LogP contribution in [0.3, 0.4) is 0 Å². The van der Waals surface area contributed by atoms with Crippen LogP contribution in [0.1, 0.15) is 24.2 Å². The number of rotatable bonds is 4. The highest BCUT2D eigenvalue weighted by Crippen LogP contribution is 2.18. The van der Waals surface area contributed by atoms with Gasteiger partial charge in [-0.25, -0.2) is 4.98 Å². The molecular formula is C13H19N3O3. The van der Waals surface area contributed by atoms with Gasteiger partial charge in [-0.1, -0.05) is 0 Å². The Bertz CT molecular complexity index is 462. The summed E-state index contributed by atoms with van der Waals surface area (Å²) in [6, 6.07) is 3.24. The van der Waals surface area contributed by atoms with Gasteiger partial charge < -0.3 is 20.5 Å². The van der Waals surface area contributed by atoms with Gasteiger partial charge in [0.2, 0.25) is 5.88 Å². The van der Waals surface area contributed by atoms with Crippen molar-refractivity contribution in [3.05, 3.63) is 23.9 Å². The van der Waals surface area contributed by atoms with Crippen LogP contribution < -0.4 is 15.8 Å². The molecule has 0 bridgehead atoms. The minimum atomic E-state index is -0.550. The van der Waals surface area contributed by atoms with E-state index in [1.165, 1.54) is 0 Å². The van der Waals surface area contributed by atoms with Gasteiger partial charge >= 0.3 is 0 Å². The van der Waals surface area contributed by atoms with Crippen molar-refractivity contribution < 1.29 is 14.3 Å². The first-order chi connectivity index (χ1) is 8.98. The number of carbonyl (C=O) groups excluding carboxylic acids is 1. The normalized spacial score (nSPS) is 21.9. The lowest BCUT2D eigenvalue weighted by Crippen LogP contribution is -2.52. The minimum absolute atomic E-state index is 0.0773. The van der Waals surface area contributed by atoms with E-state index in [1.807, 2.05) is 13.8 Å². The smallest absolute Gasteiger partial charge is 0.254 e. The number of ether oxygens (including phenoxy) is 2. The topological polar surface area (TPSA) is 86.5 Å². The van der Waals surface area contributed by atoms with E-state index in [2.05, 4.69) is 10.3 Å². The van der Waals surface area contributed by atoms with Crippen LogP contribution in [0.4, 0.5) is 0 Å². The second-order valence-electron chi connectivity index (χ2n) is 5.16. The molecular weight excluding hydrogens is 246 g/mol. The molecule has 0 radical (unpaired) electrons. The van der Waals surface area contributed by atoms with E-state index < -0.39 is 5.91 Å². The number of hydrogen-bond acceptors (Lipinski definition) is 5. The van der Waals surface area contributed by atoms with E-state index in [1.54, 1.807) is 18.3 Å². The molecule has 2 rings (SSSR count). The third kappa shape index (κ3) is 3.65. The fourth-order valence-electron chi connectivity index (χ4n) is 2.03. The first kappa shape index (κ1) is 13.8. The van der Waals surface area contributed by atoms with Gasteiger partial charge in [0.15, 0.2) is 0 Å². The van der Waals surface area contributed by atoms with Crippen LogP contribution in [0.5, 0.6) is 5.88 Å². The van der Waals surface area contributed by atoms with Crippen molar-refractivity contribution in [2.75, 3.05) is 19.7 Å². The Morgan fingerprint density at radius 3 is 3.16 bits per heavy atom. The van der Waals surface area contributed by atoms with Gasteiger partial charge in [-0.2, -0.15) is 0 Å². The number of pyridine rings is 1. The summed E-state index contributed by atoms with van der Waals surface area (Å²) in [5, 5.41) is 3.28. The fraction of sp³-hybridized carbons (Fsp3) is 0.538. The monoisotopic (exact) mass is 265 g/mol. The van der Waals surface area contributed by atoms with Gasteiger partial charge in [-0.05, 0) is 26.0 Å². The van der Waals surface area contributed by atoms with E-state index in [0.29, 0.717) is 13.2 Å².